The molecule has 0 radical (unpaired) electrons. The summed E-state index contributed by atoms with van der Waals surface area (Å²) < 4.78 is 0. The highest BCUT2D eigenvalue weighted by Gasteiger charge is 2.06. The third-order valence-corrected chi connectivity index (χ3v) is 3.04. The number of primary amides is 1. The number of aryl methyl sites for hydroxylation is 1. The van der Waals surface area contributed by atoms with E-state index in [0.29, 0.717) is 5.56 Å². The molecule has 0 aliphatic heterocycles. The van der Waals surface area contributed by atoms with Crippen LogP contribution < -0.4 is 5.73 Å². The van der Waals surface area contributed by atoms with Gasteiger partial charge in [0.2, 0.25) is 5.91 Å². The summed E-state index contributed by atoms with van der Waals surface area (Å²) >= 11 is 1.64. The number of thiophene rings is 1. The Morgan fingerprint density at radius 1 is 1.33 bits per heavy atom. The lowest BCUT2D eigenvalue weighted by Crippen LogP contribution is -2.10. The normalized spacial score (nSPS) is 10.2. The van der Waals surface area contributed by atoms with Gasteiger partial charge in [-0.25, -0.2) is 0 Å². The molecule has 15 heavy (non-hydrogen) atoms. The van der Waals surface area contributed by atoms with Gasteiger partial charge in [-0.15, -0.1) is 0 Å². The summed E-state index contributed by atoms with van der Waals surface area (Å²) in [4.78, 5) is 11.1. The van der Waals surface area contributed by atoms with E-state index in [9.17, 15) is 4.79 Å². The molecule has 0 aliphatic rings. The van der Waals surface area contributed by atoms with Gasteiger partial charge in [0.05, 0.1) is 0 Å². The molecule has 2 aromatic rings. The molecule has 3 heteroatoms. The van der Waals surface area contributed by atoms with Crippen molar-refractivity contribution in [2.45, 2.75) is 6.92 Å². The number of hydrogen-bond donors (Lipinski definition) is 1. The SMILES string of the molecule is Cc1ccc(C(N)=O)cc1-c1ccsc1. The van der Waals surface area contributed by atoms with Crippen molar-refractivity contribution in [3.8, 4) is 11.1 Å². The number of carbonyl (C=O) groups is 1. The molecule has 2 rings (SSSR count). The van der Waals surface area contributed by atoms with Crippen LogP contribution in [-0.4, -0.2) is 5.91 Å². The van der Waals surface area contributed by atoms with E-state index in [1.54, 1.807) is 17.4 Å². The van der Waals surface area contributed by atoms with E-state index in [1.807, 2.05) is 30.5 Å². The lowest BCUT2D eigenvalue weighted by Gasteiger charge is -2.05. The van der Waals surface area contributed by atoms with Crippen molar-refractivity contribution in [1.29, 1.82) is 0 Å². The van der Waals surface area contributed by atoms with E-state index in [4.69, 9.17) is 5.73 Å². The summed E-state index contributed by atoms with van der Waals surface area (Å²) in [5.41, 5.74) is 9.17. The zero-order chi connectivity index (χ0) is 10.8. The van der Waals surface area contributed by atoms with Crippen molar-refractivity contribution in [1.82, 2.24) is 0 Å². The van der Waals surface area contributed by atoms with E-state index in [-0.39, 0.29) is 5.91 Å². The summed E-state index contributed by atoms with van der Waals surface area (Å²) in [5, 5.41) is 4.08. The van der Waals surface area contributed by atoms with E-state index in [1.165, 1.54) is 0 Å². The van der Waals surface area contributed by atoms with Crippen LogP contribution >= 0.6 is 11.3 Å². The minimum atomic E-state index is -0.383. The molecule has 2 nitrogen and oxygen atoms in total. The maximum atomic E-state index is 11.1. The third-order valence-electron chi connectivity index (χ3n) is 2.35. The largest absolute Gasteiger partial charge is 0.366 e. The molecular weight excluding hydrogens is 206 g/mol. The second-order valence-corrected chi connectivity index (χ2v) is 4.19. The fourth-order valence-corrected chi connectivity index (χ4v) is 2.16. The van der Waals surface area contributed by atoms with Gasteiger partial charge < -0.3 is 5.73 Å². The van der Waals surface area contributed by atoms with Gasteiger partial charge in [0.25, 0.3) is 0 Å². The summed E-state index contributed by atoms with van der Waals surface area (Å²) in [7, 11) is 0. The van der Waals surface area contributed by atoms with Crippen molar-refractivity contribution >= 4 is 17.2 Å². The first-order valence-electron chi connectivity index (χ1n) is 4.61. The molecule has 0 bridgehead atoms. The molecule has 1 heterocycles. The zero-order valence-corrected chi connectivity index (χ0v) is 9.17. The fourth-order valence-electron chi connectivity index (χ4n) is 1.50. The van der Waals surface area contributed by atoms with Gasteiger partial charge in [0.1, 0.15) is 0 Å². The predicted octanol–water partition coefficient (Wildman–Crippen LogP) is 2.82. The molecule has 0 spiro atoms. The molecular formula is C12H11NOS. The van der Waals surface area contributed by atoms with Gasteiger partial charge in [0, 0.05) is 5.56 Å². The first-order valence-corrected chi connectivity index (χ1v) is 5.56. The van der Waals surface area contributed by atoms with Gasteiger partial charge in [0.15, 0.2) is 0 Å². The first kappa shape index (κ1) is 9.93. The van der Waals surface area contributed by atoms with Crippen LogP contribution in [0.3, 0.4) is 0 Å². The number of nitrogens with two attached hydrogens (primary N) is 1. The van der Waals surface area contributed by atoms with Crippen LogP contribution in [0.5, 0.6) is 0 Å². The molecule has 1 aromatic heterocycles. The molecule has 0 atom stereocenters. The number of carbonyl (C=O) groups excluding carboxylic acids is 1. The van der Waals surface area contributed by atoms with Crippen molar-refractivity contribution in [3.63, 3.8) is 0 Å². The van der Waals surface area contributed by atoms with Gasteiger partial charge in [-0.2, -0.15) is 11.3 Å². The first-order chi connectivity index (χ1) is 7.18. The van der Waals surface area contributed by atoms with Crippen LogP contribution in [0.2, 0.25) is 0 Å². The number of rotatable bonds is 2. The van der Waals surface area contributed by atoms with Crippen LogP contribution in [-0.2, 0) is 0 Å². The van der Waals surface area contributed by atoms with Crippen molar-refractivity contribution in [2.75, 3.05) is 0 Å². The third kappa shape index (κ3) is 1.92. The van der Waals surface area contributed by atoms with Crippen LogP contribution in [0.25, 0.3) is 11.1 Å². The molecule has 0 saturated heterocycles. The maximum Gasteiger partial charge on any atom is 0.248 e. The summed E-state index contributed by atoms with van der Waals surface area (Å²) in [6.45, 7) is 2.03. The number of amides is 1. The lowest BCUT2D eigenvalue weighted by molar-refractivity contribution is 0.100. The zero-order valence-electron chi connectivity index (χ0n) is 8.36. The standard InChI is InChI=1S/C12H11NOS/c1-8-2-3-9(12(13)14)6-11(8)10-4-5-15-7-10/h2-7H,1H3,(H2,13,14). The Morgan fingerprint density at radius 3 is 2.73 bits per heavy atom. The van der Waals surface area contributed by atoms with Gasteiger partial charge in [-0.05, 0) is 52.6 Å². The molecule has 0 aliphatic carbocycles. The van der Waals surface area contributed by atoms with Crippen molar-refractivity contribution in [3.05, 3.63) is 46.2 Å². The van der Waals surface area contributed by atoms with E-state index in [0.717, 1.165) is 16.7 Å². The van der Waals surface area contributed by atoms with E-state index in [2.05, 4.69) is 5.38 Å². The smallest absolute Gasteiger partial charge is 0.248 e. The number of hydrogen-bond acceptors (Lipinski definition) is 2. The molecule has 1 amide bonds. The van der Waals surface area contributed by atoms with Crippen LogP contribution in [0.15, 0.2) is 35.0 Å². The molecule has 76 valence electrons. The summed E-state index contributed by atoms with van der Waals surface area (Å²) in [6.07, 6.45) is 0. The number of benzene rings is 1. The van der Waals surface area contributed by atoms with Crippen molar-refractivity contribution in [2.24, 2.45) is 5.73 Å². The Bertz CT molecular complexity index is 488. The Kier molecular flexibility index (Phi) is 2.56. The molecule has 0 unspecified atom stereocenters. The topological polar surface area (TPSA) is 43.1 Å². The van der Waals surface area contributed by atoms with Gasteiger partial charge >= 0.3 is 0 Å². The van der Waals surface area contributed by atoms with E-state index < -0.39 is 0 Å². The Hall–Kier alpha value is -1.61. The highest BCUT2D eigenvalue weighted by molar-refractivity contribution is 7.08. The van der Waals surface area contributed by atoms with Crippen molar-refractivity contribution < 1.29 is 4.79 Å². The molecule has 0 fully saturated rings. The minimum Gasteiger partial charge on any atom is -0.366 e. The second-order valence-electron chi connectivity index (χ2n) is 3.41. The lowest BCUT2D eigenvalue weighted by atomic mass is 10.0. The summed E-state index contributed by atoms with van der Waals surface area (Å²) in [6, 6.07) is 7.57. The van der Waals surface area contributed by atoms with Gasteiger partial charge in [-0.1, -0.05) is 6.07 Å². The average Bonchev–Trinajstić information content (AvgIpc) is 2.71. The van der Waals surface area contributed by atoms with Gasteiger partial charge in [-0.3, -0.25) is 4.79 Å². The minimum absolute atomic E-state index is 0.383. The van der Waals surface area contributed by atoms with E-state index >= 15 is 0 Å². The average molecular weight is 217 g/mol. The Balaban J connectivity index is 2.55. The van der Waals surface area contributed by atoms with Crippen LogP contribution in [0.1, 0.15) is 15.9 Å². The Labute approximate surface area is 92.4 Å². The highest BCUT2D eigenvalue weighted by atomic mass is 32.1. The fraction of sp³-hybridized carbons (Fsp3) is 0.0833. The molecule has 2 N–H and O–H groups in total. The molecule has 1 aromatic carbocycles. The van der Waals surface area contributed by atoms with Crippen LogP contribution in [0.4, 0.5) is 0 Å². The molecule has 0 saturated carbocycles. The Morgan fingerprint density at radius 2 is 2.13 bits per heavy atom. The second kappa shape index (κ2) is 3.87. The quantitative estimate of drug-likeness (QED) is 0.825. The monoisotopic (exact) mass is 217 g/mol. The summed E-state index contributed by atoms with van der Waals surface area (Å²) in [5.74, 6) is -0.383. The highest BCUT2D eigenvalue weighted by Crippen LogP contribution is 2.26. The predicted molar refractivity (Wildman–Crippen MR) is 63.0 cm³/mol. The maximum absolute atomic E-state index is 11.1. The van der Waals surface area contributed by atoms with Crippen LogP contribution in [0, 0.1) is 6.92 Å².